The molecular formula is C13H20N4O2. The number of nitrogens with one attached hydrogen (secondary N) is 1. The summed E-state index contributed by atoms with van der Waals surface area (Å²) in [7, 11) is 1.80. The number of anilines is 2. The summed E-state index contributed by atoms with van der Waals surface area (Å²) >= 11 is 0. The Balaban J connectivity index is 2.11. The first-order chi connectivity index (χ1) is 8.97. The maximum absolute atomic E-state index is 11.8. The maximum Gasteiger partial charge on any atom is 0.244 e. The van der Waals surface area contributed by atoms with E-state index in [9.17, 15) is 4.79 Å². The summed E-state index contributed by atoms with van der Waals surface area (Å²) < 4.78 is 5.53. The first-order valence-electron chi connectivity index (χ1n) is 6.42. The molecule has 1 saturated heterocycles. The summed E-state index contributed by atoms with van der Waals surface area (Å²) in [5.41, 5.74) is 6.30. The van der Waals surface area contributed by atoms with Crippen LogP contribution < -0.4 is 15.8 Å². The molecule has 0 bridgehead atoms. The number of pyridine rings is 1. The Labute approximate surface area is 112 Å². The number of nitrogen functional groups attached to an aromatic ring is 1. The van der Waals surface area contributed by atoms with E-state index in [4.69, 9.17) is 10.5 Å². The van der Waals surface area contributed by atoms with Crippen molar-refractivity contribution in [2.24, 2.45) is 0 Å². The number of hydrogen-bond acceptors (Lipinski definition) is 5. The number of likely N-dealkylation sites (tertiary alicyclic amines) is 1. The molecule has 0 aliphatic carbocycles. The van der Waals surface area contributed by atoms with Gasteiger partial charge in [0.25, 0.3) is 0 Å². The third-order valence-corrected chi connectivity index (χ3v) is 2.99. The lowest BCUT2D eigenvalue weighted by atomic mass is 10.2. The number of rotatable bonds is 4. The van der Waals surface area contributed by atoms with Crippen LogP contribution in [-0.2, 0) is 4.79 Å². The molecule has 0 saturated carbocycles. The topological polar surface area (TPSA) is 80.5 Å². The Hall–Kier alpha value is -1.98. The van der Waals surface area contributed by atoms with Crippen molar-refractivity contribution in [1.29, 1.82) is 0 Å². The van der Waals surface area contributed by atoms with E-state index in [-0.39, 0.29) is 18.1 Å². The first kappa shape index (κ1) is 13.5. The summed E-state index contributed by atoms with van der Waals surface area (Å²) in [6.45, 7) is 4.59. The molecule has 6 heteroatoms. The number of hydrogen-bond donors (Lipinski definition) is 2. The van der Waals surface area contributed by atoms with Crippen LogP contribution in [0.3, 0.4) is 0 Å². The summed E-state index contributed by atoms with van der Waals surface area (Å²) in [6, 6.07) is 3.28. The monoisotopic (exact) mass is 264 g/mol. The molecule has 6 nitrogen and oxygen atoms in total. The number of carbonyl (C=O) groups excluding carboxylic acids is 1. The van der Waals surface area contributed by atoms with Gasteiger partial charge in [-0.15, -0.1) is 0 Å². The predicted octanol–water partition coefficient (Wildman–Crippen LogP) is 1.09. The number of nitrogens with zero attached hydrogens (tertiary/aromatic N) is 2. The van der Waals surface area contributed by atoms with Crippen molar-refractivity contribution in [1.82, 2.24) is 9.88 Å². The molecule has 2 heterocycles. The van der Waals surface area contributed by atoms with Crippen LogP contribution in [0.4, 0.5) is 11.5 Å². The van der Waals surface area contributed by atoms with Gasteiger partial charge in [0.1, 0.15) is 11.9 Å². The molecule has 1 atom stereocenters. The molecule has 1 amide bonds. The highest BCUT2D eigenvalue weighted by Gasteiger charge is 2.29. The van der Waals surface area contributed by atoms with Crippen LogP contribution in [0.15, 0.2) is 12.1 Å². The Kier molecular flexibility index (Phi) is 3.78. The van der Waals surface area contributed by atoms with Crippen molar-refractivity contribution in [3.8, 4) is 5.88 Å². The Morgan fingerprint density at radius 2 is 2.26 bits per heavy atom. The van der Waals surface area contributed by atoms with Crippen molar-refractivity contribution in [2.75, 3.05) is 24.6 Å². The molecule has 1 aliphatic rings. The van der Waals surface area contributed by atoms with Crippen LogP contribution in [0.25, 0.3) is 0 Å². The van der Waals surface area contributed by atoms with Crippen LogP contribution in [0.2, 0.25) is 0 Å². The normalized spacial score (nSPS) is 19.1. The standard InChI is InChI=1S/C13H20N4O2/c1-8(2)19-12-9(14)4-5-11(16-12)15-10-6-7-17(3)13(10)18/h4-5,8,10H,6-7,14H2,1-3H3,(H,15,16). The fraction of sp³-hybridized carbons (Fsp3) is 0.538. The Bertz CT molecular complexity index is 476. The van der Waals surface area contributed by atoms with Crippen molar-refractivity contribution >= 4 is 17.4 Å². The molecule has 104 valence electrons. The second kappa shape index (κ2) is 5.34. The van der Waals surface area contributed by atoms with Gasteiger partial charge in [0, 0.05) is 13.6 Å². The number of ether oxygens (including phenoxy) is 1. The van der Waals surface area contributed by atoms with Gasteiger partial charge in [0.05, 0.1) is 11.8 Å². The number of likely N-dealkylation sites (N-methyl/N-ethyl adjacent to an activating group) is 1. The minimum absolute atomic E-state index is 0.00398. The minimum Gasteiger partial charge on any atom is -0.473 e. The van der Waals surface area contributed by atoms with Crippen molar-refractivity contribution < 1.29 is 9.53 Å². The highest BCUT2D eigenvalue weighted by molar-refractivity contribution is 5.86. The summed E-state index contributed by atoms with van der Waals surface area (Å²) in [6.07, 6.45) is 0.784. The molecule has 19 heavy (non-hydrogen) atoms. The lowest BCUT2D eigenvalue weighted by Gasteiger charge is -2.15. The van der Waals surface area contributed by atoms with E-state index >= 15 is 0 Å². The summed E-state index contributed by atoms with van der Waals surface area (Å²) in [4.78, 5) is 17.8. The number of nitrogens with two attached hydrogens (primary N) is 1. The lowest BCUT2D eigenvalue weighted by molar-refractivity contribution is -0.127. The second-order valence-corrected chi connectivity index (χ2v) is 5.00. The highest BCUT2D eigenvalue weighted by atomic mass is 16.5. The number of carbonyl (C=O) groups is 1. The van der Waals surface area contributed by atoms with Gasteiger partial charge in [-0.3, -0.25) is 4.79 Å². The van der Waals surface area contributed by atoms with E-state index < -0.39 is 0 Å². The highest BCUT2D eigenvalue weighted by Crippen LogP contribution is 2.23. The van der Waals surface area contributed by atoms with Crippen molar-refractivity contribution in [2.45, 2.75) is 32.4 Å². The fourth-order valence-corrected chi connectivity index (χ4v) is 1.98. The molecule has 0 radical (unpaired) electrons. The van der Waals surface area contributed by atoms with E-state index in [1.807, 2.05) is 13.8 Å². The number of aromatic nitrogens is 1. The Morgan fingerprint density at radius 1 is 1.53 bits per heavy atom. The van der Waals surface area contributed by atoms with Gasteiger partial charge in [0.2, 0.25) is 11.8 Å². The van der Waals surface area contributed by atoms with Crippen LogP contribution >= 0.6 is 0 Å². The van der Waals surface area contributed by atoms with E-state index in [1.54, 1.807) is 24.1 Å². The minimum atomic E-state index is -0.215. The van der Waals surface area contributed by atoms with Crippen molar-refractivity contribution in [3.05, 3.63) is 12.1 Å². The van der Waals surface area contributed by atoms with Gasteiger partial charge in [-0.05, 0) is 32.4 Å². The van der Waals surface area contributed by atoms with E-state index in [1.165, 1.54) is 0 Å². The average Bonchev–Trinajstić information content (AvgIpc) is 2.65. The van der Waals surface area contributed by atoms with Crippen LogP contribution in [0, 0.1) is 0 Å². The van der Waals surface area contributed by atoms with Crippen LogP contribution in [-0.4, -0.2) is 41.5 Å². The zero-order valence-corrected chi connectivity index (χ0v) is 11.5. The average molecular weight is 264 g/mol. The van der Waals surface area contributed by atoms with Gasteiger partial charge in [0.15, 0.2) is 0 Å². The largest absolute Gasteiger partial charge is 0.473 e. The van der Waals surface area contributed by atoms with Gasteiger partial charge < -0.3 is 20.7 Å². The van der Waals surface area contributed by atoms with E-state index in [0.29, 0.717) is 17.4 Å². The van der Waals surface area contributed by atoms with Crippen molar-refractivity contribution in [3.63, 3.8) is 0 Å². The van der Waals surface area contributed by atoms with Crippen LogP contribution in [0.5, 0.6) is 5.88 Å². The van der Waals surface area contributed by atoms with Gasteiger partial charge in [-0.2, -0.15) is 4.98 Å². The quantitative estimate of drug-likeness (QED) is 0.851. The molecule has 1 unspecified atom stereocenters. The molecule has 1 aliphatic heterocycles. The molecule has 1 aromatic rings. The van der Waals surface area contributed by atoms with E-state index in [2.05, 4.69) is 10.3 Å². The van der Waals surface area contributed by atoms with Gasteiger partial charge in [-0.1, -0.05) is 0 Å². The molecule has 1 aromatic heterocycles. The molecule has 0 spiro atoms. The number of amides is 1. The SMILES string of the molecule is CC(C)Oc1nc(NC2CCN(C)C2=O)ccc1N. The van der Waals surface area contributed by atoms with E-state index in [0.717, 1.165) is 13.0 Å². The molecule has 2 rings (SSSR count). The summed E-state index contributed by atoms with van der Waals surface area (Å²) in [5.74, 6) is 1.10. The van der Waals surface area contributed by atoms with Crippen LogP contribution in [0.1, 0.15) is 20.3 Å². The molecule has 1 fully saturated rings. The van der Waals surface area contributed by atoms with Gasteiger partial charge in [-0.25, -0.2) is 0 Å². The second-order valence-electron chi connectivity index (χ2n) is 5.00. The fourth-order valence-electron chi connectivity index (χ4n) is 1.98. The molecular weight excluding hydrogens is 244 g/mol. The molecule has 3 N–H and O–H groups in total. The third-order valence-electron chi connectivity index (χ3n) is 2.99. The zero-order chi connectivity index (χ0) is 14.0. The third kappa shape index (κ3) is 3.07. The lowest BCUT2D eigenvalue weighted by Crippen LogP contribution is -2.31. The first-order valence-corrected chi connectivity index (χ1v) is 6.42. The molecule has 0 aromatic carbocycles. The maximum atomic E-state index is 11.8. The smallest absolute Gasteiger partial charge is 0.244 e. The van der Waals surface area contributed by atoms with Gasteiger partial charge >= 0.3 is 0 Å². The summed E-state index contributed by atoms with van der Waals surface area (Å²) in [5, 5.41) is 3.12. The Morgan fingerprint density at radius 3 is 2.84 bits per heavy atom. The zero-order valence-electron chi connectivity index (χ0n) is 11.5. The predicted molar refractivity (Wildman–Crippen MR) is 74.1 cm³/mol.